The third-order valence-corrected chi connectivity index (χ3v) is 8.51. The van der Waals surface area contributed by atoms with Crippen molar-refractivity contribution >= 4 is 23.1 Å². The van der Waals surface area contributed by atoms with Crippen LogP contribution in [0.5, 0.6) is 0 Å². The number of hydrogen-bond acceptors (Lipinski definition) is 2. The minimum absolute atomic E-state index is 0.0582. The van der Waals surface area contributed by atoms with Crippen molar-refractivity contribution in [1.29, 1.82) is 0 Å². The van der Waals surface area contributed by atoms with Crippen molar-refractivity contribution in [3.05, 3.63) is 105 Å². The summed E-state index contributed by atoms with van der Waals surface area (Å²) in [4.78, 5) is 17.5. The Morgan fingerprint density at radius 3 is 2.62 bits per heavy atom. The number of aromatic nitrogens is 1. The molecule has 1 aliphatic heterocycles. The van der Waals surface area contributed by atoms with E-state index in [0.29, 0.717) is 6.54 Å². The number of hydrogen-bond donors (Lipinski definition) is 1. The number of nitrogens with one attached hydrogen (secondary N) is 1. The van der Waals surface area contributed by atoms with Crippen molar-refractivity contribution in [1.82, 2.24) is 9.47 Å². The molecular weight excluding hydrogens is 438 g/mol. The summed E-state index contributed by atoms with van der Waals surface area (Å²) in [6.45, 7) is 4.74. The Hall–Kier alpha value is -3.31. The van der Waals surface area contributed by atoms with Crippen LogP contribution in [0.25, 0.3) is 5.00 Å². The minimum Gasteiger partial charge on any atom is -0.310 e. The molecule has 172 valence electrons. The molecule has 1 N–H and O–H groups in total. The maximum Gasteiger partial charge on any atom is 0.322 e. The van der Waals surface area contributed by atoms with Gasteiger partial charge in [0.25, 0.3) is 0 Å². The zero-order valence-electron chi connectivity index (χ0n) is 19.7. The standard InChI is InChI=1S/C29H29N3OS/c1-19-14-15-24(20(2)17-19)30-29(33)32-18-23-22-11-6-7-13-26(22)34-28(23)31-16-8-12-25(31)27(32)21-9-4-3-5-10-21/h3-5,8-10,12,14-17,27H,6-7,11,13,18H2,1-2H3,(H,30,33). The van der Waals surface area contributed by atoms with E-state index in [2.05, 4.69) is 78.5 Å². The van der Waals surface area contributed by atoms with Crippen LogP contribution in [0.1, 0.15) is 57.3 Å². The summed E-state index contributed by atoms with van der Waals surface area (Å²) in [5.41, 5.74) is 8.21. The van der Waals surface area contributed by atoms with Gasteiger partial charge in [0.1, 0.15) is 5.00 Å². The number of anilines is 1. The van der Waals surface area contributed by atoms with Gasteiger partial charge in [-0.15, -0.1) is 11.3 Å². The molecule has 2 aliphatic rings. The average Bonchev–Trinajstić information content (AvgIpc) is 3.43. The van der Waals surface area contributed by atoms with Crippen LogP contribution in [0.3, 0.4) is 0 Å². The van der Waals surface area contributed by atoms with Gasteiger partial charge in [-0.3, -0.25) is 0 Å². The molecule has 5 heteroatoms. The third-order valence-electron chi connectivity index (χ3n) is 7.18. The number of urea groups is 1. The first-order chi connectivity index (χ1) is 16.6. The van der Waals surface area contributed by atoms with Crippen molar-refractivity contribution in [3.63, 3.8) is 0 Å². The zero-order chi connectivity index (χ0) is 23.2. The highest BCUT2D eigenvalue weighted by Crippen LogP contribution is 2.44. The summed E-state index contributed by atoms with van der Waals surface area (Å²) >= 11 is 1.92. The van der Waals surface area contributed by atoms with E-state index in [4.69, 9.17) is 0 Å². The van der Waals surface area contributed by atoms with E-state index in [9.17, 15) is 4.79 Å². The second-order valence-electron chi connectivity index (χ2n) is 9.49. The summed E-state index contributed by atoms with van der Waals surface area (Å²) in [6.07, 6.45) is 6.92. The molecule has 1 unspecified atom stereocenters. The molecule has 4 aromatic rings. The maximum atomic E-state index is 14.0. The van der Waals surface area contributed by atoms with Gasteiger partial charge in [0, 0.05) is 22.3 Å². The molecule has 0 fully saturated rings. The van der Waals surface area contributed by atoms with Crippen molar-refractivity contribution < 1.29 is 4.79 Å². The number of amides is 2. The number of thiophene rings is 1. The summed E-state index contributed by atoms with van der Waals surface area (Å²) in [7, 11) is 0. The van der Waals surface area contributed by atoms with Crippen LogP contribution in [-0.4, -0.2) is 15.5 Å². The fourth-order valence-electron chi connectivity index (χ4n) is 5.51. The van der Waals surface area contributed by atoms with Crippen LogP contribution < -0.4 is 5.32 Å². The first-order valence-electron chi connectivity index (χ1n) is 12.1. The molecule has 0 radical (unpaired) electrons. The first kappa shape index (κ1) is 21.2. The van der Waals surface area contributed by atoms with Crippen LogP contribution >= 0.6 is 11.3 Å². The Morgan fingerprint density at radius 1 is 0.971 bits per heavy atom. The summed E-state index contributed by atoms with van der Waals surface area (Å²) in [5.74, 6) is 0. The van der Waals surface area contributed by atoms with E-state index in [1.807, 2.05) is 28.4 Å². The predicted octanol–water partition coefficient (Wildman–Crippen LogP) is 7.17. The number of carbonyl (C=O) groups is 1. The number of fused-ring (bicyclic) bond motifs is 5. The molecule has 2 aromatic carbocycles. The lowest BCUT2D eigenvalue weighted by molar-refractivity contribution is 0.194. The van der Waals surface area contributed by atoms with Gasteiger partial charge < -0.3 is 14.8 Å². The minimum atomic E-state index is -0.166. The topological polar surface area (TPSA) is 37.3 Å². The molecular formula is C29H29N3OS. The third kappa shape index (κ3) is 3.55. The molecule has 6 rings (SSSR count). The highest BCUT2D eigenvalue weighted by atomic mass is 32.1. The molecule has 1 atom stereocenters. The fraction of sp³-hybridized carbons (Fsp3) is 0.276. The first-order valence-corrected chi connectivity index (χ1v) is 12.9. The Balaban J connectivity index is 1.49. The lowest BCUT2D eigenvalue weighted by Crippen LogP contribution is -2.38. The average molecular weight is 468 g/mol. The molecule has 1 aliphatic carbocycles. The van der Waals surface area contributed by atoms with Crippen LogP contribution in [0.4, 0.5) is 10.5 Å². The number of rotatable bonds is 2. The van der Waals surface area contributed by atoms with Crippen LogP contribution in [0, 0.1) is 13.8 Å². The lowest BCUT2D eigenvalue weighted by atomic mass is 9.95. The van der Waals surface area contributed by atoms with Crippen molar-refractivity contribution in [2.75, 3.05) is 5.32 Å². The van der Waals surface area contributed by atoms with Crippen LogP contribution in [0.2, 0.25) is 0 Å². The summed E-state index contributed by atoms with van der Waals surface area (Å²) in [6, 6.07) is 20.7. The van der Waals surface area contributed by atoms with E-state index < -0.39 is 0 Å². The molecule has 4 nitrogen and oxygen atoms in total. The lowest BCUT2D eigenvalue weighted by Gasteiger charge is -2.31. The van der Waals surface area contributed by atoms with Crippen molar-refractivity contribution in [3.8, 4) is 5.00 Å². The molecule has 2 aromatic heterocycles. The van der Waals surface area contributed by atoms with Gasteiger partial charge in [0.15, 0.2) is 0 Å². The van der Waals surface area contributed by atoms with Crippen LogP contribution in [0.15, 0.2) is 66.9 Å². The van der Waals surface area contributed by atoms with Gasteiger partial charge in [0.05, 0.1) is 18.3 Å². The Morgan fingerprint density at radius 2 is 1.79 bits per heavy atom. The second-order valence-corrected chi connectivity index (χ2v) is 10.6. The molecule has 2 amide bonds. The molecule has 0 bridgehead atoms. The maximum absolute atomic E-state index is 14.0. The van der Waals surface area contributed by atoms with Gasteiger partial charge in [-0.1, -0.05) is 48.0 Å². The van der Waals surface area contributed by atoms with Gasteiger partial charge >= 0.3 is 6.03 Å². The number of carbonyl (C=O) groups excluding carboxylic acids is 1. The van der Waals surface area contributed by atoms with E-state index in [-0.39, 0.29) is 12.1 Å². The number of nitrogens with zero attached hydrogens (tertiary/aromatic N) is 2. The highest BCUT2D eigenvalue weighted by molar-refractivity contribution is 7.15. The molecule has 3 heterocycles. The Labute approximate surface area is 204 Å². The summed E-state index contributed by atoms with van der Waals surface area (Å²) in [5, 5.41) is 4.53. The quantitative estimate of drug-likeness (QED) is 0.333. The molecule has 0 saturated heterocycles. The Kier molecular flexibility index (Phi) is 5.30. The van der Waals surface area contributed by atoms with E-state index in [1.165, 1.54) is 39.4 Å². The summed E-state index contributed by atoms with van der Waals surface area (Å²) < 4.78 is 2.33. The van der Waals surface area contributed by atoms with E-state index in [1.54, 1.807) is 0 Å². The van der Waals surface area contributed by atoms with E-state index >= 15 is 0 Å². The fourth-order valence-corrected chi connectivity index (χ4v) is 6.92. The molecule has 0 saturated carbocycles. The SMILES string of the molecule is Cc1ccc(NC(=O)N2Cc3c(sc4c3CCCC4)-n3cccc3C2c2ccccc2)c(C)c1. The number of benzene rings is 2. The van der Waals surface area contributed by atoms with E-state index in [0.717, 1.165) is 35.3 Å². The van der Waals surface area contributed by atoms with Gasteiger partial charge in [-0.2, -0.15) is 0 Å². The van der Waals surface area contributed by atoms with Gasteiger partial charge in [-0.05, 0) is 74.4 Å². The highest BCUT2D eigenvalue weighted by Gasteiger charge is 2.36. The Bertz CT molecular complexity index is 1370. The van der Waals surface area contributed by atoms with Gasteiger partial charge in [0.2, 0.25) is 0 Å². The van der Waals surface area contributed by atoms with Crippen LogP contribution in [-0.2, 0) is 19.4 Å². The van der Waals surface area contributed by atoms with Crippen molar-refractivity contribution in [2.24, 2.45) is 0 Å². The molecule has 34 heavy (non-hydrogen) atoms. The predicted molar refractivity (Wildman–Crippen MR) is 139 cm³/mol. The normalized spacial score (nSPS) is 16.9. The largest absolute Gasteiger partial charge is 0.322 e. The smallest absolute Gasteiger partial charge is 0.310 e. The second kappa shape index (κ2) is 8.48. The zero-order valence-corrected chi connectivity index (χ0v) is 20.5. The van der Waals surface area contributed by atoms with Crippen molar-refractivity contribution in [2.45, 2.75) is 52.1 Å². The molecule has 0 spiro atoms. The number of aryl methyl sites for hydroxylation is 3. The van der Waals surface area contributed by atoms with Gasteiger partial charge in [-0.25, -0.2) is 4.79 Å². The monoisotopic (exact) mass is 467 g/mol.